The second kappa shape index (κ2) is 6.41. The second-order valence-corrected chi connectivity index (χ2v) is 4.68. The molecule has 1 fully saturated rings. The fourth-order valence-electron chi connectivity index (χ4n) is 1.62. The van der Waals surface area contributed by atoms with E-state index in [1.165, 1.54) is 6.07 Å². The zero-order valence-corrected chi connectivity index (χ0v) is 10.7. The fraction of sp³-hybridized carbons (Fsp3) is 0.538. The van der Waals surface area contributed by atoms with Gasteiger partial charge >= 0.3 is 6.18 Å². The summed E-state index contributed by atoms with van der Waals surface area (Å²) < 4.78 is 58.1. The Balaban J connectivity index is 1.80. The topological polar surface area (TPSA) is 30.5 Å². The summed E-state index contributed by atoms with van der Waals surface area (Å²) in [6, 6.07) is 4.53. The molecule has 0 unspecified atom stereocenters. The van der Waals surface area contributed by atoms with Gasteiger partial charge in [-0.15, -0.1) is 0 Å². The highest BCUT2D eigenvalue weighted by Gasteiger charge is 2.27. The SMILES string of the molecule is Fc1cc(CNC2CC2)cc(OCOCC(F)(F)F)c1. The van der Waals surface area contributed by atoms with E-state index in [9.17, 15) is 17.6 Å². The summed E-state index contributed by atoms with van der Waals surface area (Å²) in [6.45, 7) is -1.46. The monoisotopic (exact) mass is 293 g/mol. The van der Waals surface area contributed by atoms with Crippen LogP contribution in [0.5, 0.6) is 5.75 Å². The van der Waals surface area contributed by atoms with Gasteiger partial charge in [-0.1, -0.05) is 0 Å². The normalized spacial score (nSPS) is 15.4. The Hall–Kier alpha value is -1.34. The van der Waals surface area contributed by atoms with Crippen LogP contribution in [-0.2, 0) is 11.3 Å². The molecule has 1 N–H and O–H groups in total. The van der Waals surface area contributed by atoms with Crippen LogP contribution >= 0.6 is 0 Å². The van der Waals surface area contributed by atoms with Gasteiger partial charge in [0.2, 0.25) is 0 Å². The molecule has 0 atom stereocenters. The first-order chi connectivity index (χ1) is 9.42. The highest BCUT2D eigenvalue weighted by molar-refractivity contribution is 5.29. The van der Waals surface area contributed by atoms with Crippen molar-refractivity contribution >= 4 is 0 Å². The van der Waals surface area contributed by atoms with E-state index in [1.807, 2.05) is 0 Å². The maximum atomic E-state index is 13.3. The van der Waals surface area contributed by atoms with Crippen LogP contribution in [0.15, 0.2) is 18.2 Å². The quantitative estimate of drug-likeness (QED) is 0.476. The molecule has 1 aromatic carbocycles. The second-order valence-electron chi connectivity index (χ2n) is 4.68. The van der Waals surface area contributed by atoms with Crippen molar-refractivity contribution in [3.8, 4) is 5.75 Å². The van der Waals surface area contributed by atoms with E-state index in [0.717, 1.165) is 18.9 Å². The lowest BCUT2D eigenvalue weighted by atomic mass is 10.2. The van der Waals surface area contributed by atoms with Crippen LogP contribution in [0.2, 0.25) is 0 Å². The lowest BCUT2D eigenvalue weighted by molar-refractivity contribution is -0.186. The molecule has 2 rings (SSSR count). The Morgan fingerprint density at radius 3 is 2.60 bits per heavy atom. The number of halogens is 4. The standard InChI is InChI=1S/C13H15F4NO2/c14-10-3-9(6-18-11-1-2-11)4-12(5-10)20-8-19-7-13(15,16)17/h3-5,11,18H,1-2,6-8H2. The van der Waals surface area contributed by atoms with E-state index in [0.29, 0.717) is 18.2 Å². The van der Waals surface area contributed by atoms with Crippen molar-refractivity contribution in [3.63, 3.8) is 0 Å². The van der Waals surface area contributed by atoms with Gasteiger partial charge in [-0.25, -0.2) is 4.39 Å². The minimum atomic E-state index is -4.40. The third kappa shape index (κ3) is 5.75. The van der Waals surface area contributed by atoms with Gasteiger partial charge in [-0.3, -0.25) is 0 Å². The predicted molar refractivity (Wildman–Crippen MR) is 63.8 cm³/mol. The van der Waals surface area contributed by atoms with Crippen LogP contribution in [0.3, 0.4) is 0 Å². The molecule has 0 bridgehead atoms. The van der Waals surface area contributed by atoms with Crippen molar-refractivity contribution in [1.82, 2.24) is 5.32 Å². The van der Waals surface area contributed by atoms with Crippen molar-refractivity contribution in [3.05, 3.63) is 29.6 Å². The third-order valence-electron chi connectivity index (χ3n) is 2.68. The summed E-state index contributed by atoms with van der Waals surface area (Å²) in [5.74, 6) is -0.342. The number of hydrogen-bond acceptors (Lipinski definition) is 3. The molecule has 20 heavy (non-hydrogen) atoms. The predicted octanol–water partition coefficient (Wildman–Crippen LogP) is 2.99. The van der Waals surface area contributed by atoms with E-state index >= 15 is 0 Å². The van der Waals surface area contributed by atoms with Crippen LogP contribution in [0.4, 0.5) is 17.6 Å². The van der Waals surface area contributed by atoms with Crippen molar-refractivity contribution in [2.24, 2.45) is 0 Å². The number of alkyl halides is 3. The Kier molecular flexibility index (Phi) is 4.82. The highest BCUT2D eigenvalue weighted by Crippen LogP contribution is 2.21. The molecule has 1 aromatic rings. The van der Waals surface area contributed by atoms with E-state index in [4.69, 9.17) is 4.74 Å². The fourth-order valence-corrected chi connectivity index (χ4v) is 1.62. The first-order valence-corrected chi connectivity index (χ1v) is 6.22. The Morgan fingerprint density at radius 1 is 1.20 bits per heavy atom. The highest BCUT2D eigenvalue weighted by atomic mass is 19.4. The van der Waals surface area contributed by atoms with Crippen molar-refractivity contribution in [2.75, 3.05) is 13.4 Å². The average Bonchev–Trinajstić information content (AvgIpc) is 3.14. The molecule has 0 amide bonds. The Labute approximate surface area is 113 Å². The lowest BCUT2D eigenvalue weighted by Gasteiger charge is -2.11. The molecule has 0 heterocycles. The summed E-state index contributed by atoms with van der Waals surface area (Å²) in [4.78, 5) is 0. The molecule has 3 nitrogen and oxygen atoms in total. The number of benzene rings is 1. The number of nitrogens with one attached hydrogen (secondary N) is 1. The minimum Gasteiger partial charge on any atom is -0.467 e. The van der Waals surface area contributed by atoms with E-state index in [1.54, 1.807) is 6.07 Å². The zero-order chi connectivity index (χ0) is 14.6. The van der Waals surface area contributed by atoms with E-state index < -0.39 is 25.4 Å². The Morgan fingerprint density at radius 2 is 1.95 bits per heavy atom. The number of hydrogen-bond donors (Lipinski definition) is 1. The molecule has 7 heteroatoms. The smallest absolute Gasteiger partial charge is 0.411 e. The van der Waals surface area contributed by atoms with E-state index in [-0.39, 0.29) is 5.75 Å². The van der Waals surface area contributed by atoms with Gasteiger partial charge in [0.05, 0.1) is 0 Å². The molecule has 0 aliphatic heterocycles. The summed E-state index contributed by atoms with van der Waals surface area (Å²) in [5, 5.41) is 3.21. The summed E-state index contributed by atoms with van der Waals surface area (Å²) in [5.41, 5.74) is 0.683. The van der Waals surface area contributed by atoms with Gasteiger partial charge in [-0.2, -0.15) is 13.2 Å². The van der Waals surface area contributed by atoms with Crippen LogP contribution in [0.25, 0.3) is 0 Å². The van der Waals surface area contributed by atoms with Crippen LogP contribution in [0.1, 0.15) is 18.4 Å². The third-order valence-corrected chi connectivity index (χ3v) is 2.68. The summed E-state index contributed by atoms with van der Waals surface area (Å²) in [7, 11) is 0. The van der Waals surface area contributed by atoms with Crippen LogP contribution < -0.4 is 10.1 Å². The minimum absolute atomic E-state index is 0.153. The van der Waals surface area contributed by atoms with Crippen molar-refractivity contribution in [2.45, 2.75) is 31.6 Å². The maximum Gasteiger partial charge on any atom is 0.411 e. The number of rotatable bonds is 7. The summed E-state index contributed by atoms with van der Waals surface area (Å²) in [6.07, 6.45) is -2.17. The Bertz CT molecular complexity index is 446. The summed E-state index contributed by atoms with van der Waals surface area (Å²) >= 11 is 0. The molecule has 1 saturated carbocycles. The van der Waals surface area contributed by atoms with Crippen molar-refractivity contribution in [1.29, 1.82) is 0 Å². The van der Waals surface area contributed by atoms with Gasteiger partial charge in [0, 0.05) is 18.7 Å². The molecular formula is C13H15F4NO2. The van der Waals surface area contributed by atoms with Gasteiger partial charge < -0.3 is 14.8 Å². The first kappa shape index (κ1) is 15.1. The maximum absolute atomic E-state index is 13.3. The molecule has 0 radical (unpaired) electrons. The zero-order valence-electron chi connectivity index (χ0n) is 10.7. The average molecular weight is 293 g/mol. The molecular weight excluding hydrogens is 278 g/mol. The lowest BCUT2D eigenvalue weighted by Crippen LogP contribution is -2.19. The molecule has 0 saturated heterocycles. The molecule has 0 spiro atoms. The largest absolute Gasteiger partial charge is 0.467 e. The van der Waals surface area contributed by atoms with E-state index in [2.05, 4.69) is 10.1 Å². The molecule has 1 aliphatic rings. The van der Waals surface area contributed by atoms with Crippen LogP contribution in [-0.4, -0.2) is 25.6 Å². The number of ether oxygens (including phenoxy) is 2. The van der Waals surface area contributed by atoms with Gasteiger partial charge in [0.25, 0.3) is 0 Å². The molecule has 0 aromatic heterocycles. The van der Waals surface area contributed by atoms with Gasteiger partial charge in [-0.05, 0) is 30.5 Å². The van der Waals surface area contributed by atoms with Gasteiger partial charge in [0.15, 0.2) is 6.79 Å². The first-order valence-electron chi connectivity index (χ1n) is 6.22. The van der Waals surface area contributed by atoms with Gasteiger partial charge in [0.1, 0.15) is 18.2 Å². The molecule has 112 valence electrons. The van der Waals surface area contributed by atoms with Crippen molar-refractivity contribution < 1.29 is 27.0 Å². The molecule has 1 aliphatic carbocycles. The van der Waals surface area contributed by atoms with Crippen LogP contribution in [0, 0.1) is 5.82 Å².